The molecule has 27 heavy (non-hydrogen) atoms. The summed E-state index contributed by atoms with van der Waals surface area (Å²) in [5.41, 5.74) is 1.65. The zero-order valence-electron chi connectivity index (χ0n) is 17.2. The molecule has 2 heterocycles. The number of nitrogens with zero attached hydrogens (tertiary/aromatic N) is 3. The van der Waals surface area contributed by atoms with Crippen LogP contribution in [0.5, 0.6) is 5.75 Å². The molecule has 0 saturated heterocycles. The Bertz CT molecular complexity index is 773. The van der Waals surface area contributed by atoms with Gasteiger partial charge in [0.05, 0.1) is 12.3 Å². The summed E-state index contributed by atoms with van der Waals surface area (Å²) in [6.07, 6.45) is 10.2. The van der Waals surface area contributed by atoms with Crippen LogP contribution in [0, 0.1) is 18.8 Å². The molecule has 0 spiro atoms. The number of carbonyl (C=O) groups is 1. The Balaban J connectivity index is 1.85. The second kappa shape index (κ2) is 8.77. The van der Waals surface area contributed by atoms with E-state index in [0.717, 1.165) is 42.4 Å². The van der Waals surface area contributed by atoms with Crippen LogP contribution in [0.15, 0.2) is 18.3 Å². The van der Waals surface area contributed by atoms with Gasteiger partial charge in [-0.3, -0.25) is 14.1 Å². The third-order valence-electron chi connectivity index (χ3n) is 5.94. The number of hydrogen-bond acceptors (Lipinski definition) is 3. The van der Waals surface area contributed by atoms with Crippen molar-refractivity contribution in [3.05, 3.63) is 24.0 Å². The highest BCUT2D eigenvalue weighted by Crippen LogP contribution is 2.30. The lowest BCUT2D eigenvalue weighted by molar-refractivity contribution is -0.122. The highest BCUT2D eigenvalue weighted by atomic mass is 16.5. The van der Waals surface area contributed by atoms with E-state index in [2.05, 4.69) is 13.8 Å². The number of aromatic nitrogens is 2. The molecule has 0 aromatic carbocycles. The predicted molar refractivity (Wildman–Crippen MR) is 109 cm³/mol. The molecule has 5 nitrogen and oxygen atoms in total. The summed E-state index contributed by atoms with van der Waals surface area (Å²) in [5, 5.41) is 0. The number of carbonyl (C=O) groups excluding carboxylic acids is 1. The monoisotopic (exact) mass is 371 g/mol. The minimum Gasteiger partial charge on any atom is -0.489 e. The molecule has 0 N–H and O–H groups in total. The van der Waals surface area contributed by atoms with Crippen LogP contribution in [0.1, 0.15) is 64.5 Å². The Kier molecular flexibility index (Phi) is 6.40. The molecule has 1 fully saturated rings. The maximum absolute atomic E-state index is 12.9. The van der Waals surface area contributed by atoms with Crippen LogP contribution in [0.2, 0.25) is 0 Å². The lowest BCUT2D eigenvalue weighted by Crippen LogP contribution is -2.33. The third-order valence-corrected chi connectivity index (χ3v) is 5.94. The molecule has 1 aliphatic carbocycles. The van der Waals surface area contributed by atoms with Crippen LogP contribution in [-0.4, -0.2) is 28.9 Å². The number of ether oxygens (including phenoxy) is 1. The van der Waals surface area contributed by atoms with E-state index >= 15 is 0 Å². The standard InChI is InChI=1S/C22H33N3O2/c1-5-18(6-2)22(26)24(4)21-16(3)23-20-19(13-10-14-25(20)21)27-15-17-11-8-7-9-12-17/h10,13-14,17-18H,5-9,11-12,15H2,1-4H3. The van der Waals surface area contributed by atoms with Crippen LogP contribution < -0.4 is 9.64 Å². The van der Waals surface area contributed by atoms with Gasteiger partial charge in [0.1, 0.15) is 5.82 Å². The number of pyridine rings is 1. The van der Waals surface area contributed by atoms with E-state index in [1.165, 1.54) is 32.1 Å². The number of fused-ring (bicyclic) bond motifs is 1. The fraction of sp³-hybridized carbons (Fsp3) is 0.636. The maximum Gasteiger partial charge on any atom is 0.230 e. The number of hydrogen-bond donors (Lipinski definition) is 0. The van der Waals surface area contributed by atoms with Gasteiger partial charge in [0.2, 0.25) is 5.91 Å². The highest BCUT2D eigenvalue weighted by molar-refractivity contribution is 5.94. The molecule has 0 aliphatic heterocycles. The molecule has 0 unspecified atom stereocenters. The fourth-order valence-corrected chi connectivity index (χ4v) is 4.24. The van der Waals surface area contributed by atoms with Crippen molar-refractivity contribution in [2.24, 2.45) is 11.8 Å². The summed E-state index contributed by atoms with van der Waals surface area (Å²) in [5.74, 6) is 2.49. The van der Waals surface area contributed by atoms with E-state index in [1.54, 1.807) is 4.90 Å². The van der Waals surface area contributed by atoms with Gasteiger partial charge in [0.25, 0.3) is 0 Å². The van der Waals surface area contributed by atoms with Crippen molar-refractivity contribution in [2.75, 3.05) is 18.6 Å². The number of aryl methyl sites for hydroxylation is 1. The van der Waals surface area contributed by atoms with Crippen molar-refractivity contribution in [2.45, 2.75) is 65.7 Å². The lowest BCUT2D eigenvalue weighted by Gasteiger charge is -2.23. The van der Waals surface area contributed by atoms with E-state index in [4.69, 9.17) is 9.72 Å². The van der Waals surface area contributed by atoms with Crippen molar-refractivity contribution in [1.29, 1.82) is 0 Å². The van der Waals surface area contributed by atoms with Gasteiger partial charge in [-0.25, -0.2) is 4.98 Å². The molecule has 148 valence electrons. The summed E-state index contributed by atoms with van der Waals surface area (Å²) in [6.45, 7) is 6.85. The van der Waals surface area contributed by atoms with Crippen molar-refractivity contribution >= 4 is 17.4 Å². The molecule has 0 bridgehead atoms. The van der Waals surface area contributed by atoms with Crippen LogP contribution in [-0.2, 0) is 4.79 Å². The van der Waals surface area contributed by atoms with Gasteiger partial charge in [-0.1, -0.05) is 33.1 Å². The average molecular weight is 372 g/mol. The van der Waals surface area contributed by atoms with Gasteiger partial charge in [0, 0.05) is 19.2 Å². The van der Waals surface area contributed by atoms with Crippen LogP contribution in [0.4, 0.5) is 5.82 Å². The Morgan fingerprint density at radius 2 is 2.00 bits per heavy atom. The van der Waals surface area contributed by atoms with Gasteiger partial charge in [0.15, 0.2) is 11.4 Å². The van der Waals surface area contributed by atoms with Gasteiger partial charge in [-0.2, -0.15) is 0 Å². The highest BCUT2D eigenvalue weighted by Gasteiger charge is 2.25. The van der Waals surface area contributed by atoms with E-state index in [0.29, 0.717) is 5.92 Å². The molecule has 1 amide bonds. The van der Waals surface area contributed by atoms with Gasteiger partial charge in [-0.05, 0) is 50.7 Å². The first-order chi connectivity index (χ1) is 13.1. The molecular weight excluding hydrogens is 338 g/mol. The summed E-state index contributed by atoms with van der Waals surface area (Å²) < 4.78 is 8.16. The van der Waals surface area contributed by atoms with Crippen molar-refractivity contribution in [3.63, 3.8) is 0 Å². The molecule has 0 radical (unpaired) electrons. The molecule has 1 saturated carbocycles. The quantitative estimate of drug-likeness (QED) is 0.688. The number of imidazole rings is 1. The van der Waals surface area contributed by atoms with E-state index in [1.807, 2.05) is 36.7 Å². The van der Waals surface area contributed by atoms with Crippen LogP contribution in [0.3, 0.4) is 0 Å². The fourth-order valence-electron chi connectivity index (χ4n) is 4.24. The van der Waals surface area contributed by atoms with E-state index in [9.17, 15) is 4.79 Å². The van der Waals surface area contributed by atoms with Crippen molar-refractivity contribution < 1.29 is 9.53 Å². The van der Waals surface area contributed by atoms with Crippen molar-refractivity contribution in [1.82, 2.24) is 9.38 Å². The largest absolute Gasteiger partial charge is 0.489 e. The first kappa shape index (κ1) is 19.7. The summed E-state index contributed by atoms with van der Waals surface area (Å²) >= 11 is 0. The normalized spacial score (nSPS) is 15.4. The number of anilines is 1. The Hall–Kier alpha value is -2.04. The average Bonchev–Trinajstić information content (AvgIpc) is 3.03. The Morgan fingerprint density at radius 3 is 2.67 bits per heavy atom. The molecule has 1 aliphatic rings. The minimum atomic E-state index is 0.0469. The predicted octanol–water partition coefficient (Wildman–Crippen LogP) is 5.00. The zero-order valence-corrected chi connectivity index (χ0v) is 17.2. The molecule has 2 aromatic rings. The third kappa shape index (κ3) is 4.12. The first-order valence-electron chi connectivity index (χ1n) is 10.4. The molecule has 5 heteroatoms. The first-order valence-corrected chi connectivity index (χ1v) is 10.4. The number of amides is 1. The SMILES string of the molecule is CCC(CC)C(=O)N(C)c1c(C)nc2c(OCC3CCCCC3)cccn12. The van der Waals surface area contributed by atoms with E-state index < -0.39 is 0 Å². The molecule has 2 aromatic heterocycles. The smallest absolute Gasteiger partial charge is 0.230 e. The summed E-state index contributed by atoms with van der Waals surface area (Å²) in [7, 11) is 1.85. The molecule has 0 atom stereocenters. The van der Waals surface area contributed by atoms with Crippen molar-refractivity contribution in [3.8, 4) is 5.75 Å². The summed E-state index contributed by atoms with van der Waals surface area (Å²) in [4.78, 5) is 19.4. The molecular formula is C22H33N3O2. The second-order valence-electron chi connectivity index (χ2n) is 7.81. The zero-order chi connectivity index (χ0) is 19.4. The second-order valence-corrected chi connectivity index (χ2v) is 7.81. The maximum atomic E-state index is 12.9. The van der Waals surface area contributed by atoms with E-state index in [-0.39, 0.29) is 11.8 Å². The van der Waals surface area contributed by atoms with Gasteiger partial charge in [-0.15, -0.1) is 0 Å². The van der Waals surface area contributed by atoms with Crippen LogP contribution >= 0.6 is 0 Å². The lowest BCUT2D eigenvalue weighted by atomic mass is 9.90. The van der Waals surface area contributed by atoms with Gasteiger partial charge >= 0.3 is 0 Å². The topological polar surface area (TPSA) is 46.8 Å². The van der Waals surface area contributed by atoms with Gasteiger partial charge < -0.3 is 4.74 Å². The Morgan fingerprint density at radius 1 is 1.30 bits per heavy atom. The number of rotatable bonds is 7. The minimum absolute atomic E-state index is 0.0469. The van der Waals surface area contributed by atoms with Crippen LogP contribution in [0.25, 0.3) is 5.65 Å². The molecule has 3 rings (SSSR count). The summed E-state index contributed by atoms with van der Waals surface area (Å²) in [6, 6.07) is 3.96. The Labute approximate surface area is 162 Å².